The molecule has 0 atom stereocenters. The van der Waals surface area contributed by atoms with Crippen LogP contribution in [-0.2, 0) is 25.9 Å². The number of carbonyl (C=O) groups excluding carboxylic acids is 1. The lowest BCUT2D eigenvalue weighted by atomic mass is 10.1. The molecular weight excluding hydrogens is 290 g/mol. The summed E-state index contributed by atoms with van der Waals surface area (Å²) in [6, 6.07) is 1.97. The molecule has 1 N–H and O–H groups in total. The standard InChI is InChI=1S/C17H25N5O/c1-4-21-12(2)11-14(13(21)3)17(23)18-9-8-16-20-19-15-7-5-6-10-22(15)16/h11H,4-10H2,1-3H3,(H,18,23). The smallest absolute Gasteiger partial charge is 0.253 e. The fourth-order valence-electron chi connectivity index (χ4n) is 3.45. The number of hydrogen-bond acceptors (Lipinski definition) is 3. The van der Waals surface area contributed by atoms with Crippen LogP contribution >= 0.6 is 0 Å². The average Bonchev–Trinajstić information content (AvgIpc) is 3.08. The Morgan fingerprint density at radius 1 is 1.30 bits per heavy atom. The molecule has 3 rings (SSSR count). The lowest BCUT2D eigenvalue weighted by molar-refractivity contribution is 0.0953. The van der Waals surface area contributed by atoms with Gasteiger partial charge in [0.2, 0.25) is 0 Å². The maximum absolute atomic E-state index is 12.4. The number of hydrogen-bond donors (Lipinski definition) is 1. The summed E-state index contributed by atoms with van der Waals surface area (Å²) in [6.45, 7) is 8.61. The van der Waals surface area contributed by atoms with E-state index in [9.17, 15) is 4.79 Å². The van der Waals surface area contributed by atoms with Crippen molar-refractivity contribution in [3.05, 3.63) is 34.7 Å². The highest BCUT2D eigenvalue weighted by molar-refractivity contribution is 5.95. The van der Waals surface area contributed by atoms with E-state index < -0.39 is 0 Å². The van der Waals surface area contributed by atoms with E-state index in [1.165, 1.54) is 12.8 Å². The molecule has 2 aromatic heterocycles. The van der Waals surface area contributed by atoms with Crippen LogP contribution in [0, 0.1) is 13.8 Å². The van der Waals surface area contributed by atoms with Crippen molar-refractivity contribution >= 4 is 5.91 Å². The number of amides is 1. The summed E-state index contributed by atoms with van der Waals surface area (Å²) < 4.78 is 4.36. The second kappa shape index (κ2) is 6.56. The number of aryl methyl sites for hydroxylation is 2. The number of rotatable bonds is 5. The third kappa shape index (κ3) is 3.02. The van der Waals surface area contributed by atoms with Gasteiger partial charge >= 0.3 is 0 Å². The van der Waals surface area contributed by atoms with Crippen molar-refractivity contribution in [1.29, 1.82) is 0 Å². The van der Waals surface area contributed by atoms with Gasteiger partial charge in [-0.3, -0.25) is 4.79 Å². The van der Waals surface area contributed by atoms with Crippen molar-refractivity contribution in [3.8, 4) is 0 Å². The average molecular weight is 315 g/mol. The third-order valence-electron chi connectivity index (χ3n) is 4.70. The van der Waals surface area contributed by atoms with E-state index in [-0.39, 0.29) is 5.91 Å². The first-order chi connectivity index (χ1) is 11.1. The van der Waals surface area contributed by atoms with Crippen LogP contribution in [0.2, 0.25) is 0 Å². The minimum atomic E-state index is -0.00353. The molecule has 0 bridgehead atoms. The van der Waals surface area contributed by atoms with Gasteiger partial charge in [0.05, 0.1) is 5.56 Å². The molecule has 0 spiro atoms. The Kier molecular flexibility index (Phi) is 4.50. The highest BCUT2D eigenvalue weighted by Crippen LogP contribution is 2.16. The van der Waals surface area contributed by atoms with Crippen LogP contribution in [0.15, 0.2) is 6.07 Å². The van der Waals surface area contributed by atoms with E-state index in [4.69, 9.17) is 0 Å². The second-order valence-corrected chi connectivity index (χ2v) is 6.18. The molecule has 1 aliphatic rings. The molecule has 0 saturated carbocycles. The van der Waals surface area contributed by atoms with Crippen molar-refractivity contribution in [2.24, 2.45) is 0 Å². The summed E-state index contributed by atoms with van der Waals surface area (Å²) in [6.07, 6.45) is 4.13. The van der Waals surface area contributed by atoms with Gasteiger partial charge in [0.25, 0.3) is 5.91 Å². The fraction of sp³-hybridized carbons (Fsp3) is 0.588. The van der Waals surface area contributed by atoms with Crippen LogP contribution in [0.5, 0.6) is 0 Å². The van der Waals surface area contributed by atoms with E-state index >= 15 is 0 Å². The van der Waals surface area contributed by atoms with Gasteiger partial charge in [0.15, 0.2) is 0 Å². The summed E-state index contributed by atoms with van der Waals surface area (Å²) in [4.78, 5) is 12.4. The van der Waals surface area contributed by atoms with Crippen LogP contribution in [0.1, 0.15) is 53.2 Å². The van der Waals surface area contributed by atoms with Crippen molar-refractivity contribution < 1.29 is 4.79 Å². The second-order valence-electron chi connectivity index (χ2n) is 6.18. The Balaban J connectivity index is 1.61. The van der Waals surface area contributed by atoms with Gasteiger partial charge in [-0.15, -0.1) is 10.2 Å². The predicted molar refractivity (Wildman–Crippen MR) is 88.6 cm³/mol. The van der Waals surface area contributed by atoms with Crippen LogP contribution in [0.4, 0.5) is 0 Å². The Hall–Kier alpha value is -2.11. The summed E-state index contributed by atoms with van der Waals surface area (Å²) >= 11 is 0. The number of nitrogens with zero attached hydrogens (tertiary/aromatic N) is 4. The molecular formula is C17H25N5O. The number of carbonyl (C=O) groups is 1. The molecule has 1 aliphatic heterocycles. The monoisotopic (exact) mass is 315 g/mol. The van der Waals surface area contributed by atoms with Crippen molar-refractivity contribution in [1.82, 2.24) is 24.6 Å². The molecule has 0 unspecified atom stereocenters. The molecule has 0 aromatic carbocycles. The molecule has 6 nitrogen and oxygen atoms in total. The van der Waals surface area contributed by atoms with Crippen LogP contribution < -0.4 is 5.32 Å². The third-order valence-corrected chi connectivity index (χ3v) is 4.70. The first kappa shape index (κ1) is 15.8. The number of aromatic nitrogens is 4. The molecule has 3 heterocycles. The zero-order valence-corrected chi connectivity index (χ0v) is 14.2. The molecule has 23 heavy (non-hydrogen) atoms. The summed E-state index contributed by atoms with van der Waals surface area (Å²) in [7, 11) is 0. The largest absolute Gasteiger partial charge is 0.352 e. The number of fused-ring (bicyclic) bond motifs is 1. The predicted octanol–water partition coefficient (Wildman–Crippen LogP) is 2.03. The number of nitrogens with one attached hydrogen (secondary N) is 1. The van der Waals surface area contributed by atoms with Gasteiger partial charge < -0.3 is 14.5 Å². The van der Waals surface area contributed by atoms with Gasteiger partial charge in [0.1, 0.15) is 11.6 Å². The molecule has 1 amide bonds. The van der Waals surface area contributed by atoms with Crippen molar-refractivity contribution in [2.45, 2.75) is 59.5 Å². The summed E-state index contributed by atoms with van der Waals surface area (Å²) in [5, 5.41) is 11.5. The summed E-state index contributed by atoms with van der Waals surface area (Å²) in [5.41, 5.74) is 2.93. The zero-order chi connectivity index (χ0) is 16.4. The van der Waals surface area contributed by atoms with Gasteiger partial charge in [-0.05, 0) is 39.7 Å². The van der Waals surface area contributed by atoms with Gasteiger partial charge in [-0.1, -0.05) is 0 Å². The van der Waals surface area contributed by atoms with Crippen LogP contribution in [0.3, 0.4) is 0 Å². The van der Waals surface area contributed by atoms with E-state index in [2.05, 4.69) is 31.6 Å². The normalized spacial score (nSPS) is 13.9. The molecule has 2 aromatic rings. The van der Waals surface area contributed by atoms with Crippen molar-refractivity contribution in [3.63, 3.8) is 0 Å². The maximum atomic E-state index is 12.4. The Morgan fingerprint density at radius 3 is 2.87 bits per heavy atom. The van der Waals surface area contributed by atoms with E-state index in [0.717, 1.165) is 54.5 Å². The van der Waals surface area contributed by atoms with E-state index in [0.29, 0.717) is 6.54 Å². The lowest BCUT2D eigenvalue weighted by Crippen LogP contribution is -2.27. The Bertz CT molecular complexity index is 713. The highest BCUT2D eigenvalue weighted by atomic mass is 16.1. The maximum Gasteiger partial charge on any atom is 0.253 e. The summed E-state index contributed by atoms with van der Waals surface area (Å²) in [5.74, 6) is 2.07. The first-order valence-corrected chi connectivity index (χ1v) is 8.47. The Morgan fingerprint density at radius 2 is 2.13 bits per heavy atom. The van der Waals surface area contributed by atoms with E-state index in [1.807, 2.05) is 19.9 Å². The SMILES string of the molecule is CCn1c(C)cc(C(=O)NCCc2nnc3n2CCCC3)c1C. The van der Waals surface area contributed by atoms with Gasteiger partial charge in [0, 0.05) is 43.9 Å². The molecule has 124 valence electrons. The Labute approximate surface area is 136 Å². The van der Waals surface area contributed by atoms with Crippen LogP contribution in [0.25, 0.3) is 0 Å². The minimum absolute atomic E-state index is 0.00353. The highest BCUT2D eigenvalue weighted by Gasteiger charge is 2.17. The molecule has 6 heteroatoms. The molecule has 0 aliphatic carbocycles. The molecule has 0 fully saturated rings. The quantitative estimate of drug-likeness (QED) is 0.918. The lowest BCUT2D eigenvalue weighted by Gasteiger charge is -2.14. The van der Waals surface area contributed by atoms with Gasteiger partial charge in [-0.2, -0.15) is 0 Å². The van der Waals surface area contributed by atoms with Gasteiger partial charge in [-0.25, -0.2) is 0 Å². The van der Waals surface area contributed by atoms with Crippen LogP contribution in [-0.4, -0.2) is 31.8 Å². The zero-order valence-electron chi connectivity index (χ0n) is 14.2. The first-order valence-electron chi connectivity index (χ1n) is 8.47. The topological polar surface area (TPSA) is 64.7 Å². The van der Waals surface area contributed by atoms with E-state index in [1.54, 1.807) is 0 Å². The fourth-order valence-corrected chi connectivity index (χ4v) is 3.45. The molecule has 0 radical (unpaired) electrons. The van der Waals surface area contributed by atoms with Crippen molar-refractivity contribution in [2.75, 3.05) is 6.54 Å². The molecule has 0 saturated heterocycles. The minimum Gasteiger partial charge on any atom is -0.352 e.